The lowest BCUT2D eigenvalue weighted by molar-refractivity contribution is -0.200. The molecule has 0 saturated heterocycles. The van der Waals surface area contributed by atoms with E-state index in [2.05, 4.69) is 0 Å². The lowest BCUT2D eigenvalue weighted by atomic mass is 9.99. The van der Waals surface area contributed by atoms with Gasteiger partial charge in [-0.25, -0.2) is 4.79 Å². The van der Waals surface area contributed by atoms with E-state index >= 15 is 0 Å². The summed E-state index contributed by atoms with van der Waals surface area (Å²) in [5, 5.41) is 9.81. The summed E-state index contributed by atoms with van der Waals surface area (Å²) in [6.45, 7) is 1.60. The highest BCUT2D eigenvalue weighted by atomic mass is 16.7. The van der Waals surface area contributed by atoms with Gasteiger partial charge in [-0.2, -0.15) is 0 Å². The molecule has 1 unspecified atom stereocenters. The lowest BCUT2D eigenvalue weighted by Crippen LogP contribution is -2.54. The summed E-state index contributed by atoms with van der Waals surface area (Å²) in [4.78, 5) is 23.3. The zero-order valence-electron chi connectivity index (χ0n) is 8.60. The van der Waals surface area contributed by atoms with E-state index in [0.717, 1.165) is 0 Å². The van der Waals surface area contributed by atoms with Gasteiger partial charge in [0.25, 0.3) is 0 Å². The third-order valence-corrected chi connectivity index (χ3v) is 2.27. The van der Waals surface area contributed by atoms with E-state index in [9.17, 15) is 14.7 Å². The van der Waals surface area contributed by atoms with Crippen LogP contribution in [0.4, 0.5) is 0 Å². The number of benzene rings is 1. The summed E-state index contributed by atoms with van der Waals surface area (Å²) >= 11 is 0. The van der Waals surface area contributed by atoms with E-state index in [4.69, 9.17) is 9.47 Å². The van der Waals surface area contributed by atoms with Gasteiger partial charge in [-0.3, -0.25) is 4.79 Å². The van der Waals surface area contributed by atoms with Crippen molar-refractivity contribution in [3.63, 3.8) is 0 Å². The van der Waals surface area contributed by atoms with Gasteiger partial charge in [-0.1, -0.05) is 12.1 Å². The fourth-order valence-corrected chi connectivity index (χ4v) is 1.52. The normalized spacial score (nSPS) is 23.9. The molecule has 5 heteroatoms. The van der Waals surface area contributed by atoms with Crippen LogP contribution in [0.1, 0.15) is 17.3 Å². The Morgan fingerprint density at radius 2 is 2.06 bits per heavy atom. The maximum absolute atomic E-state index is 11.9. The summed E-state index contributed by atoms with van der Waals surface area (Å²) in [6.07, 6.45) is 0. The predicted molar refractivity (Wildman–Crippen MR) is 53.0 cm³/mol. The Kier molecular flexibility index (Phi) is 2.49. The molecule has 0 aromatic heterocycles. The average Bonchev–Trinajstić information content (AvgIpc) is 2.27. The third-order valence-electron chi connectivity index (χ3n) is 2.27. The molecule has 1 heterocycles. The number of esters is 1. The second-order valence-electron chi connectivity index (χ2n) is 3.29. The van der Waals surface area contributed by atoms with Gasteiger partial charge in [0.1, 0.15) is 5.75 Å². The van der Waals surface area contributed by atoms with Gasteiger partial charge in [0.15, 0.2) is 0 Å². The topological polar surface area (TPSA) is 72.8 Å². The number of ether oxygens (including phenoxy) is 2. The van der Waals surface area contributed by atoms with Crippen LogP contribution >= 0.6 is 0 Å². The zero-order chi connectivity index (χ0) is 11.8. The van der Waals surface area contributed by atoms with Crippen molar-refractivity contribution in [1.29, 1.82) is 0 Å². The Bertz CT molecular complexity index is 453. The molecule has 0 fully saturated rings. The van der Waals surface area contributed by atoms with Crippen LogP contribution < -0.4 is 4.74 Å². The molecule has 1 aromatic carbocycles. The summed E-state index contributed by atoms with van der Waals surface area (Å²) in [5.41, 5.74) is 0.137. The number of rotatable bonds is 2. The molecule has 5 nitrogen and oxygen atoms in total. The first-order valence-electron chi connectivity index (χ1n) is 4.82. The molecule has 84 valence electrons. The fourth-order valence-electron chi connectivity index (χ4n) is 1.52. The Hall–Kier alpha value is -1.72. The van der Waals surface area contributed by atoms with E-state index < -0.39 is 17.5 Å². The number of aliphatic hydroxyl groups is 1. The van der Waals surface area contributed by atoms with Gasteiger partial charge in [-0.15, -0.1) is 0 Å². The second kappa shape index (κ2) is 3.70. The number of ketones is 1. The van der Waals surface area contributed by atoms with Crippen LogP contribution in [0.2, 0.25) is 0 Å². The maximum atomic E-state index is 11.9. The minimum Gasteiger partial charge on any atom is -0.421 e. The molecule has 0 spiro atoms. The molecule has 0 saturated carbocycles. The van der Waals surface area contributed by atoms with E-state index in [0.29, 0.717) is 0 Å². The van der Waals surface area contributed by atoms with Crippen molar-refractivity contribution < 1.29 is 24.2 Å². The van der Waals surface area contributed by atoms with Crippen LogP contribution in [0, 0.1) is 0 Å². The largest absolute Gasteiger partial charge is 0.421 e. The van der Waals surface area contributed by atoms with Crippen LogP contribution in [0.15, 0.2) is 24.3 Å². The van der Waals surface area contributed by atoms with Crippen molar-refractivity contribution in [3.05, 3.63) is 29.8 Å². The molecule has 1 atom stereocenters. The van der Waals surface area contributed by atoms with Gasteiger partial charge in [-0.05, 0) is 19.1 Å². The minimum atomic E-state index is -2.51. The monoisotopic (exact) mass is 222 g/mol. The first-order chi connectivity index (χ1) is 7.59. The van der Waals surface area contributed by atoms with Gasteiger partial charge in [0.2, 0.25) is 5.78 Å². The summed E-state index contributed by atoms with van der Waals surface area (Å²) in [6, 6.07) is 6.19. The molecule has 1 N–H and O–H groups in total. The molecule has 1 aromatic rings. The van der Waals surface area contributed by atoms with Crippen LogP contribution in [0.5, 0.6) is 5.75 Å². The molecular formula is C11H10O5. The Balaban J connectivity index is 2.49. The number of hydrogen-bond donors (Lipinski definition) is 1. The number of carbonyl (C=O) groups excluding carboxylic acids is 2. The minimum absolute atomic E-state index is 0.0273. The molecular weight excluding hydrogens is 212 g/mol. The van der Waals surface area contributed by atoms with Crippen LogP contribution in [0.3, 0.4) is 0 Å². The zero-order valence-corrected chi connectivity index (χ0v) is 8.60. The van der Waals surface area contributed by atoms with Crippen molar-refractivity contribution in [2.75, 3.05) is 6.61 Å². The first kappa shape index (κ1) is 10.8. The van der Waals surface area contributed by atoms with E-state index in [-0.39, 0.29) is 17.9 Å². The SMILES string of the molecule is CCOC1(O)C(=O)Oc2ccccc2C1=O. The smallest absolute Gasteiger partial charge is 0.380 e. The fraction of sp³-hybridized carbons (Fsp3) is 0.273. The second-order valence-corrected chi connectivity index (χ2v) is 3.29. The first-order valence-corrected chi connectivity index (χ1v) is 4.82. The van der Waals surface area contributed by atoms with Crippen molar-refractivity contribution >= 4 is 11.8 Å². The van der Waals surface area contributed by atoms with Crippen molar-refractivity contribution in [2.24, 2.45) is 0 Å². The number of carbonyl (C=O) groups is 2. The predicted octanol–water partition coefficient (Wildman–Crippen LogP) is 0.513. The molecule has 0 aliphatic carbocycles. The summed E-state index contributed by atoms with van der Waals surface area (Å²) < 4.78 is 9.62. The maximum Gasteiger partial charge on any atom is 0.380 e. The summed E-state index contributed by atoms with van der Waals surface area (Å²) in [5.74, 6) is -4.26. The molecule has 1 aliphatic heterocycles. The standard InChI is InChI=1S/C11H10O5/c1-2-15-11(14)9(12)7-5-3-4-6-8(7)16-10(11)13/h3-6,14H,2H2,1H3. The molecule has 0 bridgehead atoms. The highest BCUT2D eigenvalue weighted by molar-refractivity contribution is 6.18. The number of para-hydroxylation sites is 1. The highest BCUT2D eigenvalue weighted by Crippen LogP contribution is 2.30. The Labute approximate surface area is 91.6 Å². The van der Waals surface area contributed by atoms with Crippen molar-refractivity contribution in [2.45, 2.75) is 12.7 Å². The number of Topliss-reactive ketones (excluding diaryl/α,β-unsaturated/α-hetero) is 1. The average molecular weight is 222 g/mol. The van der Waals surface area contributed by atoms with Crippen LogP contribution in [0.25, 0.3) is 0 Å². The lowest BCUT2D eigenvalue weighted by Gasteiger charge is -2.28. The van der Waals surface area contributed by atoms with E-state index in [1.54, 1.807) is 19.1 Å². The third kappa shape index (κ3) is 1.41. The molecule has 16 heavy (non-hydrogen) atoms. The van der Waals surface area contributed by atoms with Gasteiger partial charge >= 0.3 is 11.8 Å². The highest BCUT2D eigenvalue weighted by Gasteiger charge is 2.51. The van der Waals surface area contributed by atoms with E-state index in [1.807, 2.05) is 0 Å². The number of fused-ring (bicyclic) bond motifs is 1. The van der Waals surface area contributed by atoms with E-state index in [1.165, 1.54) is 12.1 Å². The number of hydrogen-bond acceptors (Lipinski definition) is 5. The van der Waals surface area contributed by atoms with Crippen LogP contribution in [-0.4, -0.2) is 29.3 Å². The van der Waals surface area contributed by atoms with Crippen molar-refractivity contribution in [1.82, 2.24) is 0 Å². The van der Waals surface area contributed by atoms with Crippen molar-refractivity contribution in [3.8, 4) is 5.75 Å². The molecule has 0 amide bonds. The molecule has 2 rings (SSSR count). The van der Waals surface area contributed by atoms with Gasteiger partial charge < -0.3 is 14.6 Å². The summed E-state index contributed by atoms with van der Waals surface area (Å²) in [7, 11) is 0. The quantitative estimate of drug-likeness (QED) is 0.341. The molecule has 0 radical (unpaired) electrons. The van der Waals surface area contributed by atoms with Gasteiger partial charge in [0, 0.05) is 6.61 Å². The Morgan fingerprint density at radius 3 is 2.75 bits per heavy atom. The van der Waals surface area contributed by atoms with Crippen LogP contribution in [-0.2, 0) is 9.53 Å². The molecule has 1 aliphatic rings. The van der Waals surface area contributed by atoms with Gasteiger partial charge in [0.05, 0.1) is 5.56 Å². The Morgan fingerprint density at radius 1 is 1.38 bits per heavy atom.